The first-order valence-electron chi connectivity index (χ1n) is 7.08. The number of carbonyl (C=O) groups is 1. The zero-order valence-corrected chi connectivity index (χ0v) is 12.6. The number of likely N-dealkylation sites (tertiary alicyclic amines) is 1. The van der Waals surface area contributed by atoms with E-state index in [4.69, 9.17) is 10.5 Å². The van der Waals surface area contributed by atoms with Crippen LogP contribution in [0.5, 0.6) is 5.75 Å². The monoisotopic (exact) mass is 293 g/mol. The Morgan fingerprint density at radius 2 is 2.14 bits per heavy atom. The summed E-state index contributed by atoms with van der Waals surface area (Å²) < 4.78 is 5.20. The Morgan fingerprint density at radius 1 is 1.48 bits per heavy atom. The summed E-state index contributed by atoms with van der Waals surface area (Å²) in [5.41, 5.74) is 6.28. The summed E-state index contributed by atoms with van der Waals surface area (Å²) in [6, 6.07) is 5.12. The molecule has 116 valence electrons. The van der Waals surface area contributed by atoms with Gasteiger partial charge in [-0.2, -0.15) is 0 Å². The van der Waals surface area contributed by atoms with Gasteiger partial charge in [0, 0.05) is 24.8 Å². The lowest BCUT2D eigenvalue weighted by molar-refractivity contribution is -0.118. The molecule has 0 spiro atoms. The molecule has 1 saturated heterocycles. The van der Waals surface area contributed by atoms with Gasteiger partial charge in [0.25, 0.3) is 0 Å². The number of amides is 1. The van der Waals surface area contributed by atoms with Crippen LogP contribution in [0, 0.1) is 0 Å². The molecule has 1 aliphatic rings. The van der Waals surface area contributed by atoms with E-state index in [1.807, 2.05) is 11.8 Å². The number of nitrogens with one attached hydrogen (secondary N) is 1. The second kappa shape index (κ2) is 6.32. The molecule has 0 unspecified atom stereocenters. The fourth-order valence-electron chi connectivity index (χ4n) is 2.40. The van der Waals surface area contributed by atoms with E-state index < -0.39 is 5.60 Å². The number of hydrogen-bond acceptors (Lipinski definition) is 5. The number of piperidine rings is 1. The van der Waals surface area contributed by atoms with Crippen molar-refractivity contribution in [2.24, 2.45) is 0 Å². The van der Waals surface area contributed by atoms with Gasteiger partial charge in [-0.3, -0.25) is 9.69 Å². The number of methoxy groups -OCH3 is 1. The van der Waals surface area contributed by atoms with Gasteiger partial charge in [0.15, 0.2) is 0 Å². The van der Waals surface area contributed by atoms with Crippen LogP contribution in [0.15, 0.2) is 18.2 Å². The highest BCUT2D eigenvalue weighted by Crippen LogP contribution is 2.26. The van der Waals surface area contributed by atoms with E-state index >= 15 is 0 Å². The molecule has 0 saturated carbocycles. The quantitative estimate of drug-likeness (QED) is 0.723. The molecular formula is C15H23N3O3. The van der Waals surface area contributed by atoms with Crippen LogP contribution in [0.2, 0.25) is 0 Å². The molecule has 1 aliphatic heterocycles. The number of anilines is 2. The molecule has 0 aromatic heterocycles. The third kappa shape index (κ3) is 4.34. The van der Waals surface area contributed by atoms with Crippen LogP contribution in [-0.2, 0) is 4.79 Å². The first-order valence-corrected chi connectivity index (χ1v) is 7.08. The number of carbonyl (C=O) groups excluding carboxylic acids is 1. The van der Waals surface area contributed by atoms with Crippen LogP contribution in [0.25, 0.3) is 0 Å². The van der Waals surface area contributed by atoms with Crippen LogP contribution in [0.1, 0.15) is 19.8 Å². The molecule has 21 heavy (non-hydrogen) atoms. The fraction of sp³-hybridized carbons (Fsp3) is 0.533. The second-order valence-electron chi connectivity index (χ2n) is 5.78. The molecule has 0 radical (unpaired) electrons. The summed E-state index contributed by atoms with van der Waals surface area (Å²) in [7, 11) is 1.54. The largest absolute Gasteiger partial charge is 0.494 e. The number of aliphatic hydroxyl groups is 1. The Hall–Kier alpha value is -1.79. The molecule has 0 atom stereocenters. The van der Waals surface area contributed by atoms with Crippen LogP contribution < -0.4 is 15.8 Å². The van der Waals surface area contributed by atoms with Crippen molar-refractivity contribution in [2.45, 2.75) is 25.4 Å². The number of benzene rings is 1. The summed E-state index contributed by atoms with van der Waals surface area (Å²) >= 11 is 0. The number of hydrogen-bond donors (Lipinski definition) is 3. The number of rotatable bonds is 4. The summed E-state index contributed by atoms with van der Waals surface area (Å²) in [5.74, 6) is 0.449. The van der Waals surface area contributed by atoms with Crippen molar-refractivity contribution >= 4 is 17.3 Å². The number of nitrogens with zero attached hydrogens (tertiary/aromatic N) is 1. The SMILES string of the molecule is COc1cc(N)ccc1NC(=O)CN1CCC(C)(O)CC1. The average Bonchev–Trinajstić information content (AvgIpc) is 2.43. The number of ether oxygens (including phenoxy) is 1. The van der Waals surface area contributed by atoms with Gasteiger partial charge < -0.3 is 20.9 Å². The molecule has 1 amide bonds. The molecule has 0 aliphatic carbocycles. The topological polar surface area (TPSA) is 87.8 Å². The standard InChI is InChI=1S/C15H23N3O3/c1-15(20)5-7-18(8-6-15)10-14(19)17-12-4-3-11(16)9-13(12)21-2/h3-4,9,20H,5-8,10,16H2,1-2H3,(H,17,19). The lowest BCUT2D eigenvalue weighted by Crippen LogP contribution is -2.45. The Bertz CT molecular complexity index is 507. The van der Waals surface area contributed by atoms with Crippen molar-refractivity contribution in [1.82, 2.24) is 4.90 Å². The van der Waals surface area contributed by atoms with E-state index in [-0.39, 0.29) is 5.91 Å². The molecule has 6 heteroatoms. The van der Waals surface area contributed by atoms with Crippen molar-refractivity contribution in [3.05, 3.63) is 18.2 Å². The molecule has 6 nitrogen and oxygen atoms in total. The molecule has 1 aromatic rings. The third-order valence-corrected chi connectivity index (χ3v) is 3.80. The van der Waals surface area contributed by atoms with Gasteiger partial charge in [0.05, 0.1) is 24.9 Å². The van der Waals surface area contributed by atoms with E-state index in [9.17, 15) is 9.90 Å². The fourth-order valence-corrected chi connectivity index (χ4v) is 2.40. The summed E-state index contributed by atoms with van der Waals surface area (Å²) in [6.07, 6.45) is 1.37. The minimum absolute atomic E-state index is 0.0976. The molecule has 1 fully saturated rings. The van der Waals surface area contributed by atoms with Gasteiger partial charge in [-0.25, -0.2) is 0 Å². The van der Waals surface area contributed by atoms with E-state index in [0.717, 1.165) is 13.1 Å². The van der Waals surface area contributed by atoms with Gasteiger partial charge in [-0.05, 0) is 31.9 Å². The predicted octanol–water partition coefficient (Wildman–Crippen LogP) is 1.06. The molecule has 4 N–H and O–H groups in total. The van der Waals surface area contributed by atoms with Crippen molar-refractivity contribution in [3.8, 4) is 5.75 Å². The van der Waals surface area contributed by atoms with Crippen molar-refractivity contribution in [2.75, 3.05) is 37.8 Å². The van der Waals surface area contributed by atoms with Crippen molar-refractivity contribution in [3.63, 3.8) is 0 Å². The number of nitrogen functional groups attached to an aromatic ring is 1. The molecule has 0 bridgehead atoms. The van der Waals surface area contributed by atoms with Gasteiger partial charge in [0.1, 0.15) is 5.75 Å². The highest BCUT2D eigenvalue weighted by atomic mass is 16.5. The minimum atomic E-state index is -0.604. The van der Waals surface area contributed by atoms with Gasteiger partial charge in [-0.1, -0.05) is 0 Å². The van der Waals surface area contributed by atoms with Gasteiger partial charge >= 0.3 is 0 Å². The van der Waals surface area contributed by atoms with Gasteiger partial charge in [0.2, 0.25) is 5.91 Å². The highest BCUT2D eigenvalue weighted by Gasteiger charge is 2.28. The highest BCUT2D eigenvalue weighted by molar-refractivity contribution is 5.94. The Morgan fingerprint density at radius 3 is 2.76 bits per heavy atom. The maximum absolute atomic E-state index is 12.1. The van der Waals surface area contributed by atoms with E-state index in [0.29, 0.717) is 36.5 Å². The lowest BCUT2D eigenvalue weighted by atomic mass is 9.94. The summed E-state index contributed by atoms with van der Waals surface area (Å²) in [5, 5.41) is 12.7. The maximum atomic E-state index is 12.1. The van der Waals surface area contributed by atoms with Crippen LogP contribution in [0.3, 0.4) is 0 Å². The minimum Gasteiger partial charge on any atom is -0.494 e. The molecule has 1 heterocycles. The van der Waals surface area contributed by atoms with Crippen LogP contribution in [-0.4, -0.2) is 48.3 Å². The zero-order valence-electron chi connectivity index (χ0n) is 12.6. The lowest BCUT2D eigenvalue weighted by Gasteiger charge is -2.35. The maximum Gasteiger partial charge on any atom is 0.238 e. The van der Waals surface area contributed by atoms with Crippen molar-refractivity contribution < 1.29 is 14.6 Å². The van der Waals surface area contributed by atoms with Crippen LogP contribution >= 0.6 is 0 Å². The van der Waals surface area contributed by atoms with Crippen molar-refractivity contribution in [1.29, 1.82) is 0 Å². The Kier molecular flexibility index (Phi) is 4.69. The molecule has 2 rings (SSSR count). The normalized spacial score (nSPS) is 18.2. The number of nitrogens with two attached hydrogens (primary N) is 1. The molecular weight excluding hydrogens is 270 g/mol. The van der Waals surface area contributed by atoms with E-state index in [2.05, 4.69) is 5.32 Å². The smallest absolute Gasteiger partial charge is 0.238 e. The van der Waals surface area contributed by atoms with E-state index in [1.165, 1.54) is 7.11 Å². The Balaban J connectivity index is 1.91. The summed E-state index contributed by atoms with van der Waals surface area (Å²) in [6.45, 7) is 3.59. The predicted molar refractivity (Wildman–Crippen MR) is 82.3 cm³/mol. The summed E-state index contributed by atoms with van der Waals surface area (Å²) in [4.78, 5) is 14.1. The van der Waals surface area contributed by atoms with Crippen LogP contribution in [0.4, 0.5) is 11.4 Å². The first-order chi connectivity index (χ1) is 9.89. The average molecular weight is 293 g/mol. The Labute approximate surface area is 124 Å². The van der Waals surface area contributed by atoms with E-state index in [1.54, 1.807) is 18.2 Å². The first kappa shape index (κ1) is 15.6. The third-order valence-electron chi connectivity index (χ3n) is 3.80. The zero-order chi connectivity index (χ0) is 15.5. The van der Waals surface area contributed by atoms with Gasteiger partial charge in [-0.15, -0.1) is 0 Å². The second-order valence-corrected chi connectivity index (χ2v) is 5.78. The molecule has 1 aromatic carbocycles.